The lowest BCUT2D eigenvalue weighted by Gasteiger charge is -2.18. The molecule has 3 nitrogen and oxygen atoms in total. The number of aryl methyl sites for hydroxylation is 1. The van der Waals surface area contributed by atoms with Gasteiger partial charge in [-0.3, -0.25) is 4.79 Å². The quantitative estimate of drug-likeness (QED) is 0.911. The Balaban J connectivity index is 1.60. The summed E-state index contributed by atoms with van der Waals surface area (Å²) in [6, 6.07) is 13.7. The average molecular weight is 299 g/mol. The van der Waals surface area contributed by atoms with Crippen LogP contribution in [0.25, 0.3) is 0 Å². The van der Waals surface area contributed by atoms with E-state index < -0.39 is 6.10 Å². The molecule has 0 bridgehead atoms. The fourth-order valence-corrected chi connectivity index (χ4v) is 2.94. The molecule has 1 amide bonds. The zero-order valence-corrected chi connectivity index (χ0v) is 12.1. The Labute approximate surface area is 128 Å². The summed E-state index contributed by atoms with van der Waals surface area (Å²) in [5.41, 5.74) is 2.85. The molecule has 2 aromatic rings. The van der Waals surface area contributed by atoms with Crippen LogP contribution in [-0.4, -0.2) is 17.1 Å². The van der Waals surface area contributed by atoms with Gasteiger partial charge < -0.3 is 10.4 Å². The predicted molar refractivity (Wildman–Crippen MR) is 81.8 cm³/mol. The number of rotatable bonds is 4. The molecule has 0 aliphatic heterocycles. The lowest BCUT2D eigenvalue weighted by Crippen LogP contribution is -2.33. The molecule has 0 saturated heterocycles. The van der Waals surface area contributed by atoms with Crippen molar-refractivity contribution in [3.05, 3.63) is 71.0 Å². The molecule has 2 aromatic carbocycles. The van der Waals surface area contributed by atoms with Crippen molar-refractivity contribution in [2.45, 2.75) is 31.4 Å². The van der Waals surface area contributed by atoms with Crippen LogP contribution in [0.4, 0.5) is 4.39 Å². The summed E-state index contributed by atoms with van der Waals surface area (Å²) in [6.45, 7) is 0. The number of benzene rings is 2. The maximum atomic E-state index is 13.1. The van der Waals surface area contributed by atoms with E-state index in [2.05, 4.69) is 5.32 Å². The number of hydrogen-bond acceptors (Lipinski definition) is 2. The second-order valence-corrected chi connectivity index (χ2v) is 5.65. The number of halogens is 1. The molecule has 22 heavy (non-hydrogen) atoms. The largest absolute Gasteiger partial charge is 0.390 e. The van der Waals surface area contributed by atoms with E-state index in [1.54, 1.807) is 12.1 Å². The fraction of sp³-hybridized carbons (Fsp3) is 0.278. The Bertz CT molecular complexity index is 686. The maximum absolute atomic E-state index is 13.1. The lowest BCUT2D eigenvalue weighted by atomic mass is 10.1. The number of carbonyl (C=O) groups excluding carboxylic acids is 1. The van der Waals surface area contributed by atoms with Crippen LogP contribution in [-0.2, 0) is 17.6 Å². The summed E-state index contributed by atoms with van der Waals surface area (Å²) in [5.74, 6) is -0.428. The van der Waals surface area contributed by atoms with Crippen molar-refractivity contribution in [2.24, 2.45) is 0 Å². The van der Waals surface area contributed by atoms with E-state index in [-0.39, 0.29) is 24.2 Å². The molecule has 0 fully saturated rings. The normalized spacial score (nSPS) is 19.7. The van der Waals surface area contributed by atoms with Crippen molar-refractivity contribution in [3.8, 4) is 0 Å². The first kappa shape index (κ1) is 14.7. The van der Waals surface area contributed by atoms with Crippen LogP contribution in [0.15, 0.2) is 48.5 Å². The first-order valence-electron chi connectivity index (χ1n) is 7.43. The minimum Gasteiger partial charge on any atom is -0.390 e. The van der Waals surface area contributed by atoms with E-state index in [4.69, 9.17) is 0 Å². The molecule has 2 unspecified atom stereocenters. The summed E-state index contributed by atoms with van der Waals surface area (Å²) < 4.78 is 13.1. The molecule has 2 atom stereocenters. The van der Waals surface area contributed by atoms with Crippen LogP contribution < -0.4 is 5.32 Å². The Hall–Kier alpha value is -2.20. The highest BCUT2D eigenvalue weighted by atomic mass is 19.1. The molecule has 0 aromatic heterocycles. The van der Waals surface area contributed by atoms with Gasteiger partial charge in [-0.25, -0.2) is 4.39 Å². The van der Waals surface area contributed by atoms with Crippen LogP contribution in [0, 0.1) is 5.82 Å². The van der Waals surface area contributed by atoms with Gasteiger partial charge in [0, 0.05) is 12.8 Å². The van der Waals surface area contributed by atoms with Gasteiger partial charge in [0.2, 0.25) is 5.91 Å². The smallest absolute Gasteiger partial charge is 0.220 e. The monoisotopic (exact) mass is 299 g/mol. The highest BCUT2D eigenvalue weighted by Crippen LogP contribution is 2.31. The minimum absolute atomic E-state index is 0.134. The van der Waals surface area contributed by atoms with Crippen LogP contribution >= 0.6 is 0 Å². The van der Waals surface area contributed by atoms with Crippen molar-refractivity contribution in [2.75, 3.05) is 0 Å². The summed E-state index contributed by atoms with van der Waals surface area (Å²) >= 11 is 0. The molecule has 114 valence electrons. The van der Waals surface area contributed by atoms with Gasteiger partial charge in [0.1, 0.15) is 5.82 Å². The van der Waals surface area contributed by atoms with Gasteiger partial charge in [-0.15, -0.1) is 0 Å². The number of amides is 1. The topological polar surface area (TPSA) is 49.3 Å². The summed E-state index contributed by atoms with van der Waals surface area (Å²) in [5, 5.41) is 13.0. The van der Waals surface area contributed by atoms with Gasteiger partial charge in [-0.1, -0.05) is 36.4 Å². The summed E-state index contributed by atoms with van der Waals surface area (Å²) in [7, 11) is 0. The van der Waals surface area contributed by atoms with Gasteiger partial charge in [-0.2, -0.15) is 0 Å². The summed E-state index contributed by atoms with van der Waals surface area (Å²) in [6.07, 6.45) is 0.726. The van der Waals surface area contributed by atoms with Crippen LogP contribution in [0.3, 0.4) is 0 Å². The van der Waals surface area contributed by atoms with Gasteiger partial charge in [-0.05, 0) is 35.2 Å². The van der Waals surface area contributed by atoms with Gasteiger partial charge >= 0.3 is 0 Å². The van der Waals surface area contributed by atoms with E-state index in [1.165, 1.54) is 12.1 Å². The predicted octanol–water partition coefficient (Wildman–Crippen LogP) is 2.53. The summed E-state index contributed by atoms with van der Waals surface area (Å²) in [4.78, 5) is 12.1. The molecule has 1 aliphatic rings. The second kappa shape index (κ2) is 6.28. The van der Waals surface area contributed by atoms with Crippen molar-refractivity contribution in [3.63, 3.8) is 0 Å². The van der Waals surface area contributed by atoms with E-state index >= 15 is 0 Å². The Morgan fingerprint density at radius 3 is 2.86 bits per heavy atom. The first-order chi connectivity index (χ1) is 10.6. The highest BCUT2D eigenvalue weighted by Gasteiger charge is 2.31. The number of nitrogens with one attached hydrogen (secondary N) is 1. The van der Waals surface area contributed by atoms with Crippen LogP contribution in [0.1, 0.15) is 29.2 Å². The molecule has 0 spiro atoms. The number of carbonyl (C=O) groups is 1. The minimum atomic E-state index is -0.587. The molecule has 1 aliphatic carbocycles. The molecule has 3 rings (SSSR count). The maximum Gasteiger partial charge on any atom is 0.220 e. The number of aliphatic hydroxyl groups excluding tert-OH is 1. The number of hydrogen-bond donors (Lipinski definition) is 2. The van der Waals surface area contributed by atoms with Gasteiger partial charge in [0.05, 0.1) is 12.1 Å². The highest BCUT2D eigenvalue weighted by molar-refractivity contribution is 5.77. The van der Waals surface area contributed by atoms with E-state index in [0.29, 0.717) is 12.8 Å². The van der Waals surface area contributed by atoms with Gasteiger partial charge in [0.15, 0.2) is 0 Å². The molecule has 4 heteroatoms. The average Bonchev–Trinajstić information content (AvgIpc) is 2.81. The van der Waals surface area contributed by atoms with Gasteiger partial charge in [0.25, 0.3) is 0 Å². The van der Waals surface area contributed by atoms with Crippen molar-refractivity contribution in [1.82, 2.24) is 5.32 Å². The Morgan fingerprint density at radius 1 is 1.23 bits per heavy atom. The molecule has 2 N–H and O–H groups in total. The molecule has 0 saturated carbocycles. The Kier molecular flexibility index (Phi) is 4.20. The molecular weight excluding hydrogens is 281 g/mol. The number of fused-ring (bicyclic) bond motifs is 1. The second-order valence-electron chi connectivity index (χ2n) is 5.65. The van der Waals surface area contributed by atoms with Crippen molar-refractivity contribution in [1.29, 1.82) is 0 Å². The molecular formula is C18H18FNO2. The van der Waals surface area contributed by atoms with E-state index in [1.807, 2.05) is 24.3 Å². The third-order valence-electron chi connectivity index (χ3n) is 4.05. The molecule has 0 radical (unpaired) electrons. The van der Waals surface area contributed by atoms with Crippen LogP contribution in [0.5, 0.6) is 0 Å². The zero-order chi connectivity index (χ0) is 15.5. The first-order valence-corrected chi connectivity index (χ1v) is 7.43. The third-order valence-corrected chi connectivity index (χ3v) is 4.05. The SMILES string of the molecule is O=C(CCc1cccc(F)c1)NC1c2ccccc2CC1O. The van der Waals surface area contributed by atoms with E-state index in [0.717, 1.165) is 16.7 Å². The van der Waals surface area contributed by atoms with Crippen molar-refractivity contribution < 1.29 is 14.3 Å². The standard InChI is InChI=1S/C18H18FNO2/c19-14-6-3-4-12(10-14)8-9-17(22)20-18-15-7-2-1-5-13(15)11-16(18)21/h1-7,10,16,18,21H,8-9,11H2,(H,20,22). The Morgan fingerprint density at radius 2 is 2.05 bits per heavy atom. The van der Waals surface area contributed by atoms with Crippen molar-refractivity contribution >= 4 is 5.91 Å². The number of aliphatic hydroxyl groups is 1. The van der Waals surface area contributed by atoms with E-state index in [9.17, 15) is 14.3 Å². The fourth-order valence-electron chi connectivity index (χ4n) is 2.94. The lowest BCUT2D eigenvalue weighted by molar-refractivity contribution is -0.122. The molecule has 0 heterocycles. The third kappa shape index (κ3) is 3.17. The zero-order valence-electron chi connectivity index (χ0n) is 12.1. The van der Waals surface area contributed by atoms with Crippen LogP contribution in [0.2, 0.25) is 0 Å².